The molecule has 2 amide bonds. The van der Waals surface area contributed by atoms with Gasteiger partial charge in [0.2, 0.25) is 11.8 Å². The van der Waals surface area contributed by atoms with Crippen molar-refractivity contribution in [1.82, 2.24) is 10.2 Å². The third-order valence-electron chi connectivity index (χ3n) is 7.59. The molecule has 4 aromatic rings. The minimum atomic E-state index is -4.77. The molecule has 7 nitrogen and oxygen atoms in total. The summed E-state index contributed by atoms with van der Waals surface area (Å²) in [6.07, 6.45) is -4.06. The smallest absolute Gasteiger partial charge is 0.352 e. The summed E-state index contributed by atoms with van der Waals surface area (Å²) in [4.78, 5) is 29.4. The molecule has 0 aliphatic carbocycles. The molecule has 4 aromatic carbocycles. The predicted molar refractivity (Wildman–Crippen MR) is 176 cm³/mol. The van der Waals surface area contributed by atoms with Gasteiger partial charge in [-0.15, -0.1) is 0 Å². The molecule has 0 bridgehead atoms. The van der Waals surface area contributed by atoms with Crippen LogP contribution < -0.4 is 9.62 Å². The number of benzene rings is 4. The van der Waals surface area contributed by atoms with Crippen molar-refractivity contribution in [2.45, 2.75) is 56.4 Å². The number of alkyl halides is 3. The van der Waals surface area contributed by atoms with Crippen LogP contribution in [0.2, 0.25) is 5.02 Å². The van der Waals surface area contributed by atoms with Gasteiger partial charge in [-0.25, -0.2) is 8.42 Å². The van der Waals surface area contributed by atoms with Crippen LogP contribution in [0.1, 0.15) is 37.0 Å². The Hall–Kier alpha value is -4.35. The normalized spacial score (nSPS) is 13.0. The van der Waals surface area contributed by atoms with E-state index in [1.165, 1.54) is 35.2 Å². The second-order valence-corrected chi connectivity index (χ2v) is 13.3. The zero-order valence-electron chi connectivity index (χ0n) is 25.8. The highest BCUT2D eigenvalue weighted by atomic mass is 35.5. The molecule has 0 aromatic heterocycles. The van der Waals surface area contributed by atoms with Gasteiger partial charge in [0, 0.05) is 24.0 Å². The van der Waals surface area contributed by atoms with Gasteiger partial charge in [-0.1, -0.05) is 85.3 Å². The Morgan fingerprint density at radius 3 is 2.09 bits per heavy atom. The molecular weight excluding hydrogens is 651 g/mol. The summed E-state index contributed by atoms with van der Waals surface area (Å²) in [5, 5.41) is 3.32. The molecule has 0 radical (unpaired) electrons. The van der Waals surface area contributed by atoms with Gasteiger partial charge in [-0.3, -0.25) is 13.9 Å². The summed E-state index contributed by atoms with van der Waals surface area (Å²) < 4.78 is 69.9. The minimum absolute atomic E-state index is 0.0877. The summed E-state index contributed by atoms with van der Waals surface area (Å²) in [6, 6.07) is 25.2. The summed E-state index contributed by atoms with van der Waals surface area (Å²) in [7, 11) is -4.56. The average molecular weight is 686 g/mol. The van der Waals surface area contributed by atoms with Gasteiger partial charge in [-0.05, 0) is 66.9 Å². The fraction of sp³-hybridized carbons (Fsp3) is 0.257. The lowest BCUT2D eigenvalue weighted by Crippen LogP contribution is -2.54. The fourth-order valence-corrected chi connectivity index (χ4v) is 6.55. The maximum absolute atomic E-state index is 14.5. The van der Waals surface area contributed by atoms with Gasteiger partial charge >= 0.3 is 6.18 Å². The van der Waals surface area contributed by atoms with Gasteiger partial charge < -0.3 is 10.2 Å². The lowest BCUT2D eigenvalue weighted by Gasteiger charge is -2.34. The molecule has 4 rings (SSSR count). The maximum atomic E-state index is 14.5. The van der Waals surface area contributed by atoms with Crippen molar-refractivity contribution in [3.8, 4) is 0 Å². The van der Waals surface area contributed by atoms with Crippen molar-refractivity contribution < 1.29 is 31.2 Å². The molecule has 0 fully saturated rings. The van der Waals surface area contributed by atoms with Crippen molar-refractivity contribution >= 4 is 39.1 Å². The van der Waals surface area contributed by atoms with Crippen LogP contribution in [0.5, 0.6) is 0 Å². The van der Waals surface area contributed by atoms with E-state index in [-0.39, 0.29) is 29.6 Å². The SMILES string of the molecule is CCC(C)NC(=O)C(Cc1ccccc1)N(Cc1cccc(Cl)c1)C(=O)CN(c1cccc(C(F)(F)F)c1)S(=O)(=O)c1ccccc1. The summed E-state index contributed by atoms with van der Waals surface area (Å²) in [5.41, 5.74) is -0.131. The van der Waals surface area contributed by atoms with E-state index < -0.39 is 46.2 Å². The van der Waals surface area contributed by atoms with Crippen LogP contribution in [-0.2, 0) is 38.8 Å². The van der Waals surface area contributed by atoms with E-state index in [1.54, 1.807) is 54.6 Å². The van der Waals surface area contributed by atoms with E-state index in [0.29, 0.717) is 27.4 Å². The molecule has 1 N–H and O–H groups in total. The van der Waals surface area contributed by atoms with Crippen LogP contribution in [0.15, 0.2) is 114 Å². The predicted octanol–water partition coefficient (Wildman–Crippen LogP) is 7.11. The molecule has 0 heterocycles. The number of nitrogens with one attached hydrogen (secondary N) is 1. The standard InChI is InChI=1S/C35H35ClF3N3O4S/c1-3-25(2)40-34(44)32(21-26-12-6-4-7-13-26)41(23-27-14-10-16-29(36)20-27)33(43)24-42(47(45,46)31-18-8-5-9-19-31)30-17-11-15-28(22-30)35(37,38)39/h4-20,22,25,32H,3,21,23-24H2,1-2H3,(H,40,44). The van der Waals surface area contributed by atoms with E-state index in [1.807, 2.05) is 19.9 Å². The Bertz CT molecular complexity index is 1770. The average Bonchev–Trinajstić information content (AvgIpc) is 3.05. The third kappa shape index (κ3) is 9.36. The largest absolute Gasteiger partial charge is 0.416 e. The Balaban J connectivity index is 1.84. The van der Waals surface area contributed by atoms with E-state index >= 15 is 0 Å². The highest BCUT2D eigenvalue weighted by molar-refractivity contribution is 7.92. The Morgan fingerprint density at radius 2 is 1.47 bits per heavy atom. The van der Waals surface area contributed by atoms with E-state index in [0.717, 1.165) is 17.7 Å². The first kappa shape index (κ1) is 35.5. The van der Waals surface area contributed by atoms with Gasteiger partial charge in [0.15, 0.2) is 0 Å². The van der Waals surface area contributed by atoms with Crippen LogP contribution in [0.25, 0.3) is 0 Å². The van der Waals surface area contributed by atoms with Crippen molar-refractivity contribution in [1.29, 1.82) is 0 Å². The first-order valence-corrected chi connectivity index (χ1v) is 16.7. The minimum Gasteiger partial charge on any atom is -0.352 e. The number of rotatable bonds is 13. The van der Waals surface area contributed by atoms with Gasteiger partial charge in [0.1, 0.15) is 12.6 Å². The molecule has 12 heteroatoms. The topological polar surface area (TPSA) is 86.8 Å². The quantitative estimate of drug-likeness (QED) is 0.163. The first-order chi connectivity index (χ1) is 22.3. The molecule has 0 aliphatic rings. The number of amides is 2. The number of anilines is 1. The number of hydrogen-bond acceptors (Lipinski definition) is 4. The molecular formula is C35H35ClF3N3O4S. The Kier molecular flexibility index (Phi) is 11.7. The van der Waals surface area contributed by atoms with Crippen LogP contribution in [-0.4, -0.2) is 43.8 Å². The van der Waals surface area contributed by atoms with E-state index in [2.05, 4.69) is 5.32 Å². The molecule has 0 saturated carbocycles. The highest BCUT2D eigenvalue weighted by Gasteiger charge is 2.36. The highest BCUT2D eigenvalue weighted by Crippen LogP contribution is 2.33. The molecule has 47 heavy (non-hydrogen) atoms. The second-order valence-electron chi connectivity index (χ2n) is 11.0. The summed E-state index contributed by atoms with van der Waals surface area (Å²) in [6.45, 7) is 2.70. The monoisotopic (exact) mass is 685 g/mol. The number of nitrogens with zero attached hydrogens (tertiary/aromatic N) is 2. The number of sulfonamides is 1. The van der Waals surface area contributed by atoms with Crippen LogP contribution >= 0.6 is 11.6 Å². The van der Waals surface area contributed by atoms with Crippen LogP contribution in [0.4, 0.5) is 18.9 Å². The molecule has 0 spiro atoms. The molecule has 248 valence electrons. The number of hydrogen-bond donors (Lipinski definition) is 1. The maximum Gasteiger partial charge on any atom is 0.416 e. The van der Waals surface area contributed by atoms with Crippen molar-refractivity contribution in [3.05, 3.63) is 131 Å². The van der Waals surface area contributed by atoms with Crippen LogP contribution in [0, 0.1) is 0 Å². The second kappa shape index (κ2) is 15.5. The fourth-order valence-electron chi connectivity index (χ4n) is 4.91. The van der Waals surface area contributed by atoms with Crippen molar-refractivity contribution in [2.75, 3.05) is 10.8 Å². The number of carbonyl (C=O) groups is 2. The lowest BCUT2D eigenvalue weighted by molar-refractivity contribution is -0.140. The summed E-state index contributed by atoms with van der Waals surface area (Å²) in [5.74, 6) is -1.27. The van der Waals surface area contributed by atoms with Crippen molar-refractivity contribution in [3.63, 3.8) is 0 Å². The number of carbonyl (C=O) groups excluding carboxylic acids is 2. The lowest BCUT2D eigenvalue weighted by atomic mass is 10.0. The summed E-state index contributed by atoms with van der Waals surface area (Å²) >= 11 is 6.25. The number of halogens is 4. The zero-order valence-corrected chi connectivity index (χ0v) is 27.4. The Morgan fingerprint density at radius 1 is 0.851 bits per heavy atom. The van der Waals surface area contributed by atoms with Gasteiger partial charge in [0.25, 0.3) is 10.0 Å². The molecule has 0 aliphatic heterocycles. The molecule has 2 atom stereocenters. The van der Waals surface area contributed by atoms with Crippen LogP contribution in [0.3, 0.4) is 0 Å². The van der Waals surface area contributed by atoms with Gasteiger partial charge in [-0.2, -0.15) is 13.2 Å². The molecule has 0 saturated heterocycles. The van der Waals surface area contributed by atoms with E-state index in [9.17, 15) is 31.2 Å². The van der Waals surface area contributed by atoms with Gasteiger partial charge in [0.05, 0.1) is 16.1 Å². The van der Waals surface area contributed by atoms with E-state index in [4.69, 9.17) is 11.6 Å². The zero-order chi connectivity index (χ0) is 34.2. The van der Waals surface area contributed by atoms with Crippen molar-refractivity contribution in [2.24, 2.45) is 0 Å². The first-order valence-electron chi connectivity index (χ1n) is 14.9. The third-order valence-corrected chi connectivity index (χ3v) is 9.61. The Labute approximate surface area is 278 Å². The molecule has 2 unspecified atom stereocenters.